The molecule has 1 aliphatic rings. The highest BCUT2D eigenvalue weighted by Gasteiger charge is 2.20. The Bertz CT molecular complexity index is 354. The van der Waals surface area contributed by atoms with E-state index in [4.69, 9.17) is 0 Å². The van der Waals surface area contributed by atoms with Crippen molar-refractivity contribution in [2.45, 2.75) is 38.6 Å². The molecule has 0 heterocycles. The first-order chi connectivity index (χ1) is 8.15. The van der Waals surface area contributed by atoms with Crippen molar-refractivity contribution >= 4 is 0 Å². The summed E-state index contributed by atoms with van der Waals surface area (Å²) < 4.78 is 0. The SMILES string of the molecule is CC(NCCCC1CC1)c1cc(O)cc(O)c1. The Morgan fingerprint density at radius 1 is 1.24 bits per heavy atom. The first-order valence-electron chi connectivity index (χ1n) is 6.41. The van der Waals surface area contributed by atoms with Gasteiger partial charge in [0.1, 0.15) is 11.5 Å². The predicted molar refractivity (Wildman–Crippen MR) is 68.1 cm³/mol. The number of nitrogens with one attached hydrogen (secondary N) is 1. The van der Waals surface area contributed by atoms with E-state index in [0.29, 0.717) is 0 Å². The van der Waals surface area contributed by atoms with Crippen molar-refractivity contribution in [3.63, 3.8) is 0 Å². The molecule has 0 bridgehead atoms. The van der Waals surface area contributed by atoms with Gasteiger partial charge in [-0.1, -0.05) is 12.8 Å². The summed E-state index contributed by atoms with van der Waals surface area (Å²) in [6, 6.07) is 4.90. The van der Waals surface area contributed by atoms with Gasteiger partial charge in [0.2, 0.25) is 0 Å². The molecular weight excluding hydrogens is 214 g/mol. The van der Waals surface area contributed by atoms with E-state index in [1.807, 2.05) is 6.92 Å². The first-order valence-corrected chi connectivity index (χ1v) is 6.41. The van der Waals surface area contributed by atoms with Gasteiger partial charge in [-0.25, -0.2) is 0 Å². The molecule has 3 nitrogen and oxygen atoms in total. The Kier molecular flexibility index (Phi) is 3.89. The molecule has 0 aromatic heterocycles. The van der Waals surface area contributed by atoms with Crippen LogP contribution >= 0.6 is 0 Å². The van der Waals surface area contributed by atoms with Gasteiger partial charge in [0, 0.05) is 12.1 Å². The first kappa shape index (κ1) is 12.2. The summed E-state index contributed by atoms with van der Waals surface area (Å²) in [6.07, 6.45) is 5.36. The second-order valence-corrected chi connectivity index (χ2v) is 5.04. The highest BCUT2D eigenvalue weighted by molar-refractivity contribution is 5.37. The molecule has 3 N–H and O–H groups in total. The largest absolute Gasteiger partial charge is 0.508 e. The molecule has 3 heteroatoms. The minimum absolute atomic E-state index is 0.117. The molecule has 0 radical (unpaired) electrons. The van der Waals surface area contributed by atoms with Crippen LogP contribution in [0, 0.1) is 5.92 Å². The molecular formula is C14H21NO2. The number of benzene rings is 1. The lowest BCUT2D eigenvalue weighted by Crippen LogP contribution is -2.19. The smallest absolute Gasteiger partial charge is 0.119 e. The van der Waals surface area contributed by atoms with Crippen LogP contribution in [-0.2, 0) is 0 Å². The maximum absolute atomic E-state index is 9.41. The quantitative estimate of drug-likeness (QED) is 0.664. The van der Waals surface area contributed by atoms with E-state index in [9.17, 15) is 10.2 Å². The third-order valence-corrected chi connectivity index (χ3v) is 3.36. The van der Waals surface area contributed by atoms with Gasteiger partial charge in [0.05, 0.1) is 0 Å². The van der Waals surface area contributed by atoms with E-state index in [1.165, 1.54) is 31.7 Å². The van der Waals surface area contributed by atoms with E-state index >= 15 is 0 Å². The van der Waals surface area contributed by atoms with Gasteiger partial charge in [-0.3, -0.25) is 0 Å². The van der Waals surface area contributed by atoms with Gasteiger partial charge in [-0.2, -0.15) is 0 Å². The molecule has 1 aromatic rings. The van der Waals surface area contributed by atoms with Crippen molar-refractivity contribution in [1.82, 2.24) is 5.32 Å². The summed E-state index contributed by atoms with van der Waals surface area (Å²) in [7, 11) is 0. The van der Waals surface area contributed by atoms with Gasteiger partial charge in [0.25, 0.3) is 0 Å². The summed E-state index contributed by atoms with van der Waals surface area (Å²) in [6.45, 7) is 3.04. The molecule has 2 rings (SSSR count). The molecule has 1 atom stereocenters. The molecule has 0 aliphatic heterocycles. The van der Waals surface area contributed by atoms with Crippen LogP contribution in [0.1, 0.15) is 44.2 Å². The van der Waals surface area contributed by atoms with Gasteiger partial charge in [0.15, 0.2) is 0 Å². The minimum atomic E-state index is 0.117. The zero-order chi connectivity index (χ0) is 12.3. The molecule has 0 saturated heterocycles. The number of hydrogen-bond acceptors (Lipinski definition) is 3. The molecule has 1 unspecified atom stereocenters. The fourth-order valence-electron chi connectivity index (χ4n) is 2.10. The van der Waals surface area contributed by atoms with E-state index in [1.54, 1.807) is 12.1 Å². The van der Waals surface area contributed by atoms with Crippen molar-refractivity contribution in [2.24, 2.45) is 5.92 Å². The number of phenols is 2. The van der Waals surface area contributed by atoms with Gasteiger partial charge in [-0.05, 0) is 49.9 Å². The zero-order valence-electron chi connectivity index (χ0n) is 10.3. The lowest BCUT2D eigenvalue weighted by atomic mass is 10.1. The number of aromatic hydroxyl groups is 2. The summed E-state index contributed by atoms with van der Waals surface area (Å²) in [5.74, 6) is 1.22. The second kappa shape index (κ2) is 5.41. The zero-order valence-corrected chi connectivity index (χ0v) is 10.3. The molecule has 1 fully saturated rings. The van der Waals surface area contributed by atoms with Crippen molar-refractivity contribution in [1.29, 1.82) is 0 Å². The van der Waals surface area contributed by atoms with Gasteiger partial charge < -0.3 is 15.5 Å². The Morgan fingerprint density at radius 2 is 1.88 bits per heavy atom. The minimum Gasteiger partial charge on any atom is -0.508 e. The third-order valence-electron chi connectivity index (χ3n) is 3.36. The normalized spacial score (nSPS) is 17.0. The van der Waals surface area contributed by atoms with Crippen LogP contribution < -0.4 is 5.32 Å². The van der Waals surface area contributed by atoms with Crippen molar-refractivity contribution in [3.05, 3.63) is 23.8 Å². The molecule has 1 aliphatic carbocycles. The topological polar surface area (TPSA) is 52.5 Å². The third kappa shape index (κ3) is 3.93. The maximum atomic E-state index is 9.41. The Balaban J connectivity index is 1.78. The van der Waals surface area contributed by atoms with Crippen LogP contribution in [0.5, 0.6) is 11.5 Å². The van der Waals surface area contributed by atoms with E-state index < -0.39 is 0 Å². The molecule has 0 amide bonds. The van der Waals surface area contributed by atoms with Crippen LogP contribution in [0.2, 0.25) is 0 Å². The van der Waals surface area contributed by atoms with Crippen LogP contribution in [0.4, 0.5) is 0 Å². The summed E-state index contributed by atoms with van der Waals surface area (Å²) in [4.78, 5) is 0. The fourth-order valence-corrected chi connectivity index (χ4v) is 2.10. The average molecular weight is 235 g/mol. The van der Waals surface area contributed by atoms with E-state index in [2.05, 4.69) is 5.32 Å². The molecule has 1 saturated carbocycles. The molecule has 94 valence electrons. The number of rotatable bonds is 6. The van der Waals surface area contributed by atoms with Crippen molar-refractivity contribution in [3.8, 4) is 11.5 Å². The van der Waals surface area contributed by atoms with Gasteiger partial charge in [-0.15, -0.1) is 0 Å². The highest BCUT2D eigenvalue weighted by Crippen LogP contribution is 2.33. The van der Waals surface area contributed by atoms with Crippen LogP contribution in [0.25, 0.3) is 0 Å². The van der Waals surface area contributed by atoms with Crippen LogP contribution in [0.3, 0.4) is 0 Å². The summed E-state index contributed by atoms with van der Waals surface area (Å²) in [5.41, 5.74) is 0.925. The average Bonchev–Trinajstić information content (AvgIpc) is 3.06. The van der Waals surface area contributed by atoms with Gasteiger partial charge >= 0.3 is 0 Å². The molecule has 1 aromatic carbocycles. The van der Waals surface area contributed by atoms with Crippen molar-refractivity contribution < 1.29 is 10.2 Å². The second-order valence-electron chi connectivity index (χ2n) is 5.04. The van der Waals surface area contributed by atoms with Crippen LogP contribution in [0.15, 0.2) is 18.2 Å². The highest BCUT2D eigenvalue weighted by atomic mass is 16.3. The lowest BCUT2D eigenvalue weighted by Gasteiger charge is -2.14. The summed E-state index contributed by atoms with van der Waals surface area (Å²) >= 11 is 0. The monoisotopic (exact) mass is 235 g/mol. The molecule has 0 spiro atoms. The van der Waals surface area contributed by atoms with E-state index in [0.717, 1.165) is 18.0 Å². The van der Waals surface area contributed by atoms with Crippen LogP contribution in [-0.4, -0.2) is 16.8 Å². The Hall–Kier alpha value is -1.22. The summed E-state index contributed by atoms with van der Waals surface area (Å²) in [5, 5.41) is 22.2. The maximum Gasteiger partial charge on any atom is 0.119 e. The Morgan fingerprint density at radius 3 is 2.47 bits per heavy atom. The number of phenolic OH excluding ortho intramolecular Hbond substituents is 2. The lowest BCUT2D eigenvalue weighted by molar-refractivity contribution is 0.445. The van der Waals surface area contributed by atoms with Crippen molar-refractivity contribution in [2.75, 3.05) is 6.54 Å². The molecule has 17 heavy (non-hydrogen) atoms. The Labute approximate surface area is 102 Å². The fraction of sp³-hybridized carbons (Fsp3) is 0.571. The van der Waals surface area contributed by atoms with E-state index in [-0.39, 0.29) is 17.5 Å². The standard InChI is InChI=1S/C14H21NO2/c1-10(15-6-2-3-11-4-5-11)12-7-13(16)9-14(17)8-12/h7-11,15-17H,2-6H2,1H3. The number of hydrogen-bond donors (Lipinski definition) is 3. The predicted octanol–water partition coefficient (Wildman–Crippen LogP) is 2.94.